The number of nitrogens with zero attached hydrogens (tertiary/aromatic N) is 1. The average Bonchev–Trinajstić information content (AvgIpc) is 2.59. The zero-order chi connectivity index (χ0) is 19.4. The highest BCUT2D eigenvalue weighted by Gasteiger charge is 2.44. The van der Waals surface area contributed by atoms with Crippen molar-refractivity contribution < 1.29 is 37.3 Å². The lowest BCUT2D eigenvalue weighted by Crippen LogP contribution is -2.53. The number of piperidine rings is 1. The summed E-state index contributed by atoms with van der Waals surface area (Å²) in [7, 11) is 1.38. The minimum absolute atomic E-state index is 0.0517. The molecule has 6 nitrogen and oxygen atoms in total. The zero-order valence-electron chi connectivity index (χ0n) is 14.2. The number of hydrogen-bond acceptors (Lipinski definition) is 4. The topological polar surface area (TPSA) is 76.1 Å². The Labute approximate surface area is 148 Å². The van der Waals surface area contributed by atoms with Gasteiger partial charge in [-0.2, -0.15) is 13.2 Å². The predicted octanol–water partition coefficient (Wildman–Crippen LogP) is 2.42. The number of aliphatic carboxylic acids is 1. The van der Waals surface area contributed by atoms with Gasteiger partial charge < -0.3 is 19.5 Å². The lowest BCUT2D eigenvalue weighted by atomic mass is 9.80. The maximum atomic E-state index is 12.9. The average molecular weight is 375 g/mol. The maximum absolute atomic E-state index is 12.9. The van der Waals surface area contributed by atoms with Crippen LogP contribution in [-0.2, 0) is 20.5 Å². The van der Waals surface area contributed by atoms with Crippen molar-refractivity contribution in [3.05, 3.63) is 29.8 Å². The van der Waals surface area contributed by atoms with E-state index in [-0.39, 0.29) is 13.2 Å². The van der Waals surface area contributed by atoms with Crippen LogP contribution in [0.2, 0.25) is 0 Å². The van der Waals surface area contributed by atoms with Crippen LogP contribution in [0, 0.1) is 5.41 Å². The Hall–Kier alpha value is -2.29. The van der Waals surface area contributed by atoms with Crippen LogP contribution in [0.1, 0.15) is 18.4 Å². The van der Waals surface area contributed by atoms with Crippen molar-refractivity contribution in [2.75, 3.05) is 33.4 Å². The summed E-state index contributed by atoms with van der Waals surface area (Å²) in [5, 5.41) is 9.48. The van der Waals surface area contributed by atoms with Gasteiger partial charge in [-0.15, -0.1) is 0 Å². The standard InChI is InChI=1S/C17H20F3NO5/c1-25-11-16(15(23)24)7-4-8-21(10-16)14(22)9-26-13-6-3-2-5-12(13)17(18,19)20/h2-3,5-6H,4,7-11H2,1H3,(H,23,24). The van der Waals surface area contributed by atoms with E-state index in [4.69, 9.17) is 9.47 Å². The monoisotopic (exact) mass is 375 g/mol. The SMILES string of the molecule is COCC1(C(=O)O)CCCN(C(=O)COc2ccccc2C(F)(F)F)C1. The van der Waals surface area contributed by atoms with Crippen LogP contribution in [0.3, 0.4) is 0 Å². The van der Waals surface area contributed by atoms with Crippen LogP contribution in [0.5, 0.6) is 5.75 Å². The number of carbonyl (C=O) groups is 2. The number of carbonyl (C=O) groups excluding carboxylic acids is 1. The summed E-state index contributed by atoms with van der Waals surface area (Å²) >= 11 is 0. The van der Waals surface area contributed by atoms with Crippen molar-refractivity contribution in [3.63, 3.8) is 0 Å². The van der Waals surface area contributed by atoms with Crippen molar-refractivity contribution in [2.45, 2.75) is 19.0 Å². The van der Waals surface area contributed by atoms with Crippen LogP contribution in [0.4, 0.5) is 13.2 Å². The molecule has 144 valence electrons. The van der Waals surface area contributed by atoms with E-state index in [9.17, 15) is 27.9 Å². The van der Waals surface area contributed by atoms with E-state index in [0.29, 0.717) is 19.4 Å². The molecule has 0 radical (unpaired) electrons. The summed E-state index contributed by atoms with van der Waals surface area (Å²) in [6, 6.07) is 4.62. The molecular formula is C17H20F3NO5. The minimum atomic E-state index is -4.60. The smallest absolute Gasteiger partial charge is 0.419 e. The Balaban J connectivity index is 2.06. The van der Waals surface area contributed by atoms with Crippen molar-refractivity contribution in [2.24, 2.45) is 5.41 Å². The van der Waals surface area contributed by atoms with Crippen molar-refractivity contribution in [1.29, 1.82) is 0 Å². The molecule has 0 saturated carbocycles. The van der Waals surface area contributed by atoms with Crippen LogP contribution in [0.25, 0.3) is 0 Å². The Morgan fingerprint density at radius 1 is 1.31 bits per heavy atom. The zero-order valence-corrected chi connectivity index (χ0v) is 14.2. The number of likely N-dealkylation sites (tertiary alicyclic amines) is 1. The quantitative estimate of drug-likeness (QED) is 0.827. The second-order valence-corrected chi connectivity index (χ2v) is 6.22. The number of carboxylic acids is 1. The van der Waals surface area contributed by atoms with Gasteiger partial charge in [0.25, 0.3) is 5.91 Å². The highest BCUT2D eigenvalue weighted by molar-refractivity contribution is 5.80. The molecule has 0 spiro atoms. The van der Waals surface area contributed by atoms with Gasteiger partial charge in [-0.25, -0.2) is 0 Å². The largest absolute Gasteiger partial charge is 0.483 e. The lowest BCUT2D eigenvalue weighted by molar-refractivity contribution is -0.159. The molecule has 1 fully saturated rings. The fraction of sp³-hybridized carbons (Fsp3) is 0.529. The summed E-state index contributed by atoms with van der Waals surface area (Å²) in [4.78, 5) is 25.2. The molecule has 1 aromatic carbocycles. The summed E-state index contributed by atoms with van der Waals surface area (Å²) in [5.74, 6) is -2.07. The van der Waals surface area contributed by atoms with E-state index >= 15 is 0 Å². The summed E-state index contributed by atoms with van der Waals surface area (Å²) < 4.78 is 48.9. The van der Waals surface area contributed by atoms with E-state index < -0.39 is 41.4 Å². The Morgan fingerprint density at radius 3 is 2.62 bits per heavy atom. The number of halogens is 3. The molecule has 1 aliphatic heterocycles. The number of alkyl halides is 3. The predicted molar refractivity (Wildman–Crippen MR) is 84.7 cm³/mol. The normalized spacial score (nSPS) is 20.7. The third-order valence-corrected chi connectivity index (χ3v) is 4.35. The number of benzene rings is 1. The number of carboxylic acid groups (broad SMARTS) is 1. The van der Waals surface area contributed by atoms with Gasteiger partial charge in [0.1, 0.15) is 11.2 Å². The number of para-hydroxylation sites is 1. The third kappa shape index (κ3) is 4.46. The van der Waals surface area contributed by atoms with Crippen molar-refractivity contribution in [1.82, 2.24) is 4.90 Å². The number of rotatable bonds is 6. The van der Waals surface area contributed by atoms with Crippen LogP contribution < -0.4 is 4.74 Å². The molecule has 0 aliphatic carbocycles. The second-order valence-electron chi connectivity index (χ2n) is 6.22. The molecule has 0 aromatic heterocycles. The van der Waals surface area contributed by atoms with Crippen LogP contribution >= 0.6 is 0 Å². The van der Waals surface area contributed by atoms with E-state index in [1.165, 1.54) is 24.1 Å². The number of amides is 1. The van der Waals surface area contributed by atoms with Gasteiger partial charge in [-0.3, -0.25) is 9.59 Å². The highest BCUT2D eigenvalue weighted by Crippen LogP contribution is 2.36. The van der Waals surface area contributed by atoms with Crippen molar-refractivity contribution in [3.8, 4) is 5.75 Å². The molecule has 1 aromatic rings. The van der Waals surface area contributed by atoms with Gasteiger partial charge in [-0.1, -0.05) is 12.1 Å². The second kappa shape index (κ2) is 7.94. The first-order valence-corrected chi connectivity index (χ1v) is 7.99. The van der Waals surface area contributed by atoms with Gasteiger partial charge in [-0.05, 0) is 25.0 Å². The summed E-state index contributed by atoms with van der Waals surface area (Å²) in [6.07, 6.45) is -3.78. The number of ether oxygens (including phenoxy) is 2. The fourth-order valence-corrected chi connectivity index (χ4v) is 3.03. The molecule has 0 bridgehead atoms. The first kappa shape index (κ1) is 20.0. The fourth-order valence-electron chi connectivity index (χ4n) is 3.03. The Morgan fingerprint density at radius 2 is 2.00 bits per heavy atom. The lowest BCUT2D eigenvalue weighted by Gasteiger charge is -2.39. The molecule has 26 heavy (non-hydrogen) atoms. The van der Waals surface area contributed by atoms with Crippen LogP contribution in [0.15, 0.2) is 24.3 Å². The highest BCUT2D eigenvalue weighted by atomic mass is 19.4. The molecule has 1 atom stereocenters. The van der Waals surface area contributed by atoms with Crippen LogP contribution in [-0.4, -0.2) is 55.3 Å². The minimum Gasteiger partial charge on any atom is -0.483 e. The molecule has 1 amide bonds. The molecule has 1 aliphatic rings. The molecule has 1 N–H and O–H groups in total. The van der Waals surface area contributed by atoms with Gasteiger partial charge in [0.05, 0.1) is 12.2 Å². The first-order valence-electron chi connectivity index (χ1n) is 7.99. The van der Waals surface area contributed by atoms with Gasteiger partial charge >= 0.3 is 12.1 Å². The summed E-state index contributed by atoms with van der Waals surface area (Å²) in [5.41, 5.74) is -2.18. The number of methoxy groups -OCH3 is 1. The molecule has 9 heteroatoms. The molecule has 2 rings (SSSR count). The van der Waals surface area contributed by atoms with E-state index in [1.807, 2.05) is 0 Å². The molecular weight excluding hydrogens is 355 g/mol. The van der Waals surface area contributed by atoms with E-state index in [1.54, 1.807) is 0 Å². The Kier molecular flexibility index (Phi) is 6.12. The molecule has 1 saturated heterocycles. The maximum Gasteiger partial charge on any atom is 0.419 e. The third-order valence-electron chi connectivity index (χ3n) is 4.35. The molecule has 1 unspecified atom stereocenters. The van der Waals surface area contributed by atoms with Gasteiger partial charge in [0.2, 0.25) is 0 Å². The van der Waals surface area contributed by atoms with E-state index in [0.717, 1.165) is 12.1 Å². The number of hydrogen-bond donors (Lipinski definition) is 1. The van der Waals surface area contributed by atoms with Crippen molar-refractivity contribution >= 4 is 11.9 Å². The Bertz CT molecular complexity index is 660. The molecule has 1 heterocycles. The first-order chi connectivity index (χ1) is 12.2. The summed E-state index contributed by atoms with van der Waals surface area (Å²) in [6.45, 7) is -0.402. The van der Waals surface area contributed by atoms with Gasteiger partial charge in [0, 0.05) is 20.2 Å². The van der Waals surface area contributed by atoms with Gasteiger partial charge in [0.15, 0.2) is 6.61 Å². The van der Waals surface area contributed by atoms with E-state index in [2.05, 4.69) is 0 Å².